The van der Waals surface area contributed by atoms with Crippen molar-refractivity contribution in [3.05, 3.63) is 59.5 Å². The van der Waals surface area contributed by atoms with Gasteiger partial charge in [0.25, 0.3) is 0 Å². The van der Waals surface area contributed by atoms with E-state index in [1.807, 2.05) is 42.2 Å². The summed E-state index contributed by atoms with van der Waals surface area (Å²) in [6.07, 6.45) is 3.45. The molecule has 1 aromatic carbocycles. The summed E-state index contributed by atoms with van der Waals surface area (Å²) < 4.78 is 5.22. The third-order valence-corrected chi connectivity index (χ3v) is 4.84. The molecule has 3 rings (SSSR count). The van der Waals surface area contributed by atoms with Gasteiger partial charge in [0, 0.05) is 19.0 Å². The van der Waals surface area contributed by atoms with Crippen LogP contribution in [0.4, 0.5) is 0 Å². The molecule has 0 bridgehead atoms. The fourth-order valence-corrected chi connectivity index (χ4v) is 3.21. The van der Waals surface area contributed by atoms with Gasteiger partial charge in [-0.2, -0.15) is 0 Å². The predicted octanol–water partition coefficient (Wildman–Crippen LogP) is 2.69. The highest BCUT2D eigenvalue weighted by Gasteiger charge is 2.27. The van der Waals surface area contributed by atoms with Crippen molar-refractivity contribution in [3.63, 3.8) is 0 Å². The van der Waals surface area contributed by atoms with Gasteiger partial charge >= 0.3 is 0 Å². The number of carbonyl (C=O) groups is 2. The molecule has 0 unspecified atom stereocenters. The summed E-state index contributed by atoms with van der Waals surface area (Å²) in [5.41, 5.74) is 2.22. The standard InChI is InChI=1S/C20H24N2O3/c1-15-5-2-3-6-17(15)13-19(23)22-10-8-16(9-11-22)20(24)21-14-18-7-4-12-25-18/h2-7,12,16H,8-11,13-14H2,1H3,(H,21,24). The Bertz CT molecular complexity index is 716. The Morgan fingerprint density at radius 3 is 2.60 bits per heavy atom. The Balaban J connectivity index is 1.45. The van der Waals surface area contributed by atoms with Crippen LogP contribution in [0.1, 0.15) is 29.7 Å². The van der Waals surface area contributed by atoms with Crippen LogP contribution in [-0.2, 0) is 22.6 Å². The molecule has 25 heavy (non-hydrogen) atoms. The number of piperidine rings is 1. The zero-order valence-corrected chi connectivity index (χ0v) is 14.5. The molecule has 1 N–H and O–H groups in total. The minimum Gasteiger partial charge on any atom is -0.467 e. The molecular formula is C20H24N2O3. The van der Waals surface area contributed by atoms with Crippen LogP contribution in [0.25, 0.3) is 0 Å². The molecule has 5 nitrogen and oxygen atoms in total. The predicted molar refractivity (Wildman–Crippen MR) is 94.7 cm³/mol. The number of hydrogen-bond acceptors (Lipinski definition) is 3. The number of benzene rings is 1. The third-order valence-electron chi connectivity index (χ3n) is 4.84. The van der Waals surface area contributed by atoms with Gasteiger partial charge in [-0.15, -0.1) is 0 Å². The van der Waals surface area contributed by atoms with Crippen molar-refractivity contribution in [1.29, 1.82) is 0 Å². The van der Waals surface area contributed by atoms with E-state index in [4.69, 9.17) is 4.42 Å². The smallest absolute Gasteiger partial charge is 0.226 e. The molecule has 5 heteroatoms. The van der Waals surface area contributed by atoms with E-state index in [1.165, 1.54) is 0 Å². The molecule has 2 aromatic rings. The number of furan rings is 1. The lowest BCUT2D eigenvalue weighted by Crippen LogP contribution is -2.43. The number of amides is 2. The summed E-state index contributed by atoms with van der Waals surface area (Å²) in [6, 6.07) is 11.6. The topological polar surface area (TPSA) is 62.6 Å². The van der Waals surface area contributed by atoms with E-state index < -0.39 is 0 Å². The first kappa shape index (κ1) is 17.3. The molecule has 0 atom stereocenters. The molecule has 0 saturated carbocycles. The summed E-state index contributed by atoms with van der Waals surface area (Å²) in [6.45, 7) is 3.73. The number of nitrogens with zero attached hydrogens (tertiary/aromatic N) is 1. The van der Waals surface area contributed by atoms with Crippen molar-refractivity contribution in [2.75, 3.05) is 13.1 Å². The Morgan fingerprint density at radius 2 is 1.92 bits per heavy atom. The zero-order valence-electron chi connectivity index (χ0n) is 14.5. The van der Waals surface area contributed by atoms with Crippen LogP contribution in [0.2, 0.25) is 0 Å². The van der Waals surface area contributed by atoms with Crippen molar-refractivity contribution in [3.8, 4) is 0 Å². The average Bonchev–Trinajstić information content (AvgIpc) is 3.15. The van der Waals surface area contributed by atoms with Crippen molar-refractivity contribution in [1.82, 2.24) is 10.2 Å². The number of nitrogens with one attached hydrogen (secondary N) is 1. The van der Waals surface area contributed by atoms with Gasteiger partial charge in [0.05, 0.1) is 19.2 Å². The maximum Gasteiger partial charge on any atom is 0.226 e. The van der Waals surface area contributed by atoms with Crippen LogP contribution < -0.4 is 5.32 Å². The second-order valence-corrected chi connectivity index (χ2v) is 6.56. The van der Waals surface area contributed by atoms with E-state index in [1.54, 1.807) is 12.3 Å². The Morgan fingerprint density at radius 1 is 1.16 bits per heavy atom. The summed E-state index contributed by atoms with van der Waals surface area (Å²) in [7, 11) is 0. The lowest BCUT2D eigenvalue weighted by atomic mass is 9.95. The van der Waals surface area contributed by atoms with Gasteiger partial charge in [-0.25, -0.2) is 0 Å². The Labute approximate surface area is 148 Å². The SMILES string of the molecule is Cc1ccccc1CC(=O)N1CCC(C(=O)NCc2ccco2)CC1. The van der Waals surface area contributed by atoms with Crippen molar-refractivity contribution in [2.45, 2.75) is 32.7 Å². The van der Waals surface area contributed by atoms with E-state index in [-0.39, 0.29) is 17.7 Å². The molecule has 1 aliphatic heterocycles. The second-order valence-electron chi connectivity index (χ2n) is 6.56. The summed E-state index contributed by atoms with van der Waals surface area (Å²) in [4.78, 5) is 26.6. The first-order valence-corrected chi connectivity index (χ1v) is 8.76. The lowest BCUT2D eigenvalue weighted by molar-refractivity contribution is -0.135. The summed E-state index contributed by atoms with van der Waals surface area (Å²) in [5, 5.41) is 2.91. The van der Waals surface area contributed by atoms with Gasteiger partial charge in [0.15, 0.2) is 0 Å². The maximum atomic E-state index is 12.5. The number of hydrogen-bond donors (Lipinski definition) is 1. The molecular weight excluding hydrogens is 316 g/mol. The Hall–Kier alpha value is -2.56. The quantitative estimate of drug-likeness (QED) is 0.910. The van der Waals surface area contributed by atoms with E-state index in [0.717, 1.165) is 16.9 Å². The Kier molecular flexibility index (Phi) is 5.53. The molecule has 1 aromatic heterocycles. The van der Waals surface area contributed by atoms with E-state index in [0.29, 0.717) is 38.9 Å². The van der Waals surface area contributed by atoms with E-state index in [9.17, 15) is 9.59 Å². The van der Waals surface area contributed by atoms with Crippen molar-refractivity contribution >= 4 is 11.8 Å². The number of rotatable bonds is 5. The molecule has 0 aliphatic carbocycles. The van der Waals surface area contributed by atoms with Gasteiger partial charge < -0.3 is 14.6 Å². The molecule has 2 amide bonds. The zero-order chi connectivity index (χ0) is 17.6. The highest BCUT2D eigenvalue weighted by molar-refractivity contribution is 5.81. The number of likely N-dealkylation sites (tertiary alicyclic amines) is 1. The maximum absolute atomic E-state index is 12.5. The largest absolute Gasteiger partial charge is 0.467 e. The monoisotopic (exact) mass is 340 g/mol. The molecule has 1 saturated heterocycles. The fraction of sp³-hybridized carbons (Fsp3) is 0.400. The lowest BCUT2D eigenvalue weighted by Gasteiger charge is -2.31. The molecule has 2 heterocycles. The molecule has 1 aliphatic rings. The van der Waals surface area contributed by atoms with Crippen molar-refractivity contribution in [2.24, 2.45) is 5.92 Å². The average molecular weight is 340 g/mol. The summed E-state index contributed by atoms with van der Waals surface area (Å²) in [5.74, 6) is 0.905. The summed E-state index contributed by atoms with van der Waals surface area (Å²) >= 11 is 0. The van der Waals surface area contributed by atoms with Gasteiger partial charge in [0.2, 0.25) is 11.8 Å². The van der Waals surface area contributed by atoms with Gasteiger partial charge in [0.1, 0.15) is 5.76 Å². The van der Waals surface area contributed by atoms with Gasteiger partial charge in [-0.1, -0.05) is 24.3 Å². The third kappa shape index (κ3) is 4.50. The van der Waals surface area contributed by atoms with Crippen molar-refractivity contribution < 1.29 is 14.0 Å². The second kappa shape index (κ2) is 8.01. The van der Waals surface area contributed by atoms with Crippen LogP contribution in [0.3, 0.4) is 0 Å². The van der Waals surface area contributed by atoms with Gasteiger partial charge in [-0.3, -0.25) is 9.59 Å². The minimum absolute atomic E-state index is 0.0301. The van der Waals surface area contributed by atoms with Crippen LogP contribution in [0, 0.1) is 12.8 Å². The highest BCUT2D eigenvalue weighted by atomic mass is 16.3. The molecule has 0 radical (unpaired) electrons. The van der Waals surface area contributed by atoms with Crippen LogP contribution >= 0.6 is 0 Å². The molecule has 1 fully saturated rings. The highest BCUT2D eigenvalue weighted by Crippen LogP contribution is 2.19. The first-order valence-electron chi connectivity index (χ1n) is 8.76. The molecule has 0 spiro atoms. The number of aryl methyl sites for hydroxylation is 1. The minimum atomic E-state index is -0.0301. The normalized spacial score (nSPS) is 15.2. The van der Waals surface area contributed by atoms with Gasteiger partial charge in [-0.05, 0) is 43.0 Å². The first-order chi connectivity index (χ1) is 12.1. The number of carbonyl (C=O) groups excluding carboxylic acids is 2. The van der Waals surface area contributed by atoms with Crippen LogP contribution in [-0.4, -0.2) is 29.8 Å². The van der Waals surface area contributed by atoms with E-state index >= 15 is 0 Å². The van der Waals surface area contributed by atoms with Crippen LogP contribution in [0.5, 0.6) is 0 Å². The molecule has 132 valence electrons. The fourth-order valence-electron chi connectivity index (χ4n) is 3.21. The van der Waals surface area contributed by atoms with Crippen LogP contribution in [0.15, 0.2) is 47.1 Å². The van der Waals surface area contributed by atoms with E-state index in [2.05, 4.69) is 5.32 Å².